The number of thioether (sulfide) groups is 1. The molecule has 0 aromatic carbocycles. The van der Waals surface area contributed by atoms with Gasteiger partial charge in [0, 0.05) is 29.6 Å². The van der Waals surface area contributed by atoms with Gasteiger partial charge in [-0.05, 0) is 45.3 Å². The number of amides is 1. The summed E-state index contributed by atoms with van der Waals surface area (Å²) in [6.07, 6.45) is 3.83. The Morgan fingerprint density at radius 1 is 1.35 bits per heavy atom. The molecule has 0 atom stereocenters. The number of allylic oxidation sites excluding steroid dienone is 2. The lowest BCUT2D eigenvalue weighted by Crippen LogP contribution is -2.41. The zero-order chi connectivity index (χ0) is 17.7. The van der Waals surface area contributed by atoms with E-state index in [4.69, 9.17) is 4.74 Å². The summed E-state index contributed by atoms with van der Waals surface area (Å²) in [7, 11) is 0. The lowest BCUT2D eigenvalue weighted by Gasteiger charge is -2.30. The summed E-state index contributed by atoms with van der Waals surface area (Å²) < 4.78 is 4.88. The van der Waals surface area contributed by atoms with Crippen molar-refractivity contribution < 1.29 is 14.6 Å². The Kier molecular flexibility index (Phi) is 7.36. The third-order valence-corrected chi connectivity index (χ3v) is 5.72. The van der Waals surface area contributed by atoms with Crippen LogP contribution in [0.4, 0.5) is 0 Å². The van der Waals surface area contributed by atoms with Crippen LogP contribution in [0.5, 0.6) is 0 Å². The van der Waals surface area contributed by atoms with Gasteiger partial charge < -0.3 is 15.2 Å². The Morgan fingerprint density at radius 3 is 2.43 bits per heavy atom. The van der Waals surface area contributed by atoms with Crippen molar-refractivity contribution in [2.75, 3.05) is 19.8 Å². The van der Waals surface area contributed by atoms with Gasteiger partial charge in [-0.2, -0.15) is 0 Å². The molecule has 1 saturated heterocycles. The Morgan fingerprint density at radius 2 is 1.91 bits per heavy atom. The van der Waals surface area contributed by atoms with E-state index in [2.05, 4.69) is 11.9 Å². The van der Waals surface area contributed by atoms with Crippen LogP contribution in [0.25, 0.3) is 0 Å². The first-order valence-electron chi connectivity index (χ1n) is 8.14. The van der Waals surface area contributed by atoms with Crippen LogP contribution >= 0.6 is 11.8 Å². The second kappa shape index (κ2) is 8.36. The molecule has 1 fully saturated rings. The standard InChI is InChI=1S/C18H31NO3S/c1-13(17(3,4)12-20)11-14(2)19-16(21)18(5,6)23-15-7-9-22-10-8-15/h11,15,20H,1,7-10,12H2,2-6H3,(H,19,21)/b14-11+. The molecule has 0 unspecified atom stereocenters. The zero-order valence-electron chi connectivity index (χ0n) is 15.1. The molecule has 1 rings (SSSR count). The van der Waals surface area contributed by atoms with Gasteiger partial charge in [-0.3, -0.25) is 4.79 Å². The number of nitrogens with one attached hydrogen (secondary N) is 1. The van der Waals surface area contributed by atoms with Crippen molar-refractivity contribution in [2.45, 2.75) is 57.5 Å². The van der Waals surface area contributed by atoms with Crippen LogP contribution in [0.1, 0.15) is 47.5 Å². The summed E-state index contributed by atoms with van der Waals surface area (Å²) in [6.45, 7) is 15.2. The minimum Gasteiger partial charge on any atom is -0.395 e. The third kappa shape index (κ3) is 6.32. The Hall–Kier alpha value is -0.780. The first-order chi connectivity index (χ1) is 10.6. The number of aliphatic hydroxyl groups is 1. The van der Waals surface area contributed by atoms with E-state index in [9.17, 15) is 9.90 Å². The third-order valence-electron chi connectivity index (χ3n) is 4.14. The smallest absolute Gasteiger partial charge is 0.239 e. The van der Waals surface area contributed by atoms with Crippen LogP contribution in [-0.2, 0) is 9.53 Å². The van der Waals surface area contributed by atoms with Crippen LogP contribution < -0.4 is 5.32 Å². The van der Waals surface area contributed by atoms with E-state index >= 15 is 0 Å². The number of rotatable bonds is 7. The van der Waals surface area contributed by atoms with Gasteiger partial charge >= 0.3 is 0 Å². The molecule has 5 heteroatoms. The Labute approximate surface area is 144 Å². The van der Waals surface area contributed by atoms with E-state index in [-0.39, 0.29) is 12.5 Å². The molecule has 2 N–H and O–H groups in total. The molecule has 0 bridgehead atoms. The number of hydrogen-bond acceptors (Lipinski definition) is 4. The number of aliphatic hydroxyl groups excluding tert-OH is 1. The monoisotopic (exact) mass is 341 g/mol. The molecule has 1 amide bonds. The van der Waals surface area contributed by atoms with Crippen molar-refractivity contribution in [2.24, 2.45) is 5.41 Å². The van der Waals surface area contributed by atoms with E-state index in [0.717, 1.165) is 37.3 Å². The first kappa shape index (κ1) is 20.3. The van der Waals surface area contributed by atoms with Crippen molar-refractivity contribution in [1.82, 2.24) is 5.32 Å². The lowest BCUT2D eigenvalue weighted by atomic mass is 9.85. The number of carbonyl (C=O) groups is 1. The van der Waals surface area contributed by atoms with Gasteiger partial charge in [-0.15, -0.1) is 11.8 Å². The molecule has 1 aliphatic rings. The summed E-state index contributed by atoms with van der Waals surface area (Å²) in [5, 5.41) is 12.8. The summed E-state index contributed by atoms with van der Waals surface area (Å²) in [5.74, 6) is -0.00246. The second-order valence-corrected chi connectivity index (χ2v) is 9.21. The summed E-state index contributed by atoms with van der Waals surface area (Å²) in [5.41, 5.74) is 1.16. The van der Waals surface area contributed by atoms with Gasteiger partial charge in [-0.1, -0.05) is 20.4 Å². The fraction of sp³-hybridized carbons (Fsp3) is 0.722. The molecule has 1 heterocycles. The van der Waals surface area contributed by atoms with E-state index in [1.165, 1.54) is 0 Å². The van der Waals surface area contributed by atoms with Crippen LogP contribution in [0.3, 0.4) is 0 Å². The van der Waals surface area contributed by atoms with Gasteiger partial charge in [0.25, 0.3) is 0 Å². The fourth-order valence-corrected chi connectivity index (χ4v) is 3.61. The largest absolute Gasteiger partial charge is 0.395 e. The predicted molar refractivity (Wildman–Crippen MR) is 97.4 cm³/mol. The van der Waals surface area contributed by atoms with Gasteiger partial charge in [0.15, 0.2) is 0 Å². The van der Waals surface area contributed by atoms with Gasteiger partial charge in [0.2, 0.25) is 5.91 Å². The highest BCUT2D eigenvalue weighted by Crippen LogP contribution is 2.34. The average molecular weight is 342 g/mol. The van der Waals surface area contributed by atoms with Crippen molar-refractivity contribution in [1.29, 1.82) is 0 Å². The molecule has 0 aromatic heterocycles. The van der Waals surface area contributed by atoms with Gasteiger partial charge in [-0.25, -0.2) is 0 Å². The topological polar surface area (TPSA) is 58.6 Å². The Balaban J connectivity index is 2.63. The minimum atomic E-state index is -0.495. The Bertz CT molecular complexity index is 463. The summed E-state index contributed by atoms with van der Waals surface area (Å²) in [4.78, 5) is 12.6. The van der Waals surface area contributed by atoms with Crippen molar-refractivity contribution in [3.63, 3.8) is 0 Å². The molecule has 132 valence electrons. The molecule has 0 spiro atoms. The van der Waals surface area contributed by atoms with Crippen LogP contribution in [-0.4, -0.2) is 40.8 Å². The highest BCUT2D eigenvalue weighted by molar-refractivity contribution is 8.01. The van der Waals surface area contributed by atoms with E-state index in [0.29, 0.717) is 5.25 Å². The van der Waals surface area contributed by atoms with Gasteiger partial charge in [0.1, 0.15) is 0 Å². The summed E-state index contributed by atoms with van der Waals surface area (Å²) >= 11 is 1.72. The molecule has 4 nitrogen and oxygen atoms in total. The zero-order valence-corrected chi connectivity index (χ0v) is 15.9. The SMILES string of the molecule is C=C(/C=C(\C)NC(=O)C(C)(C)SC1CCOCC1)C(C)(C)CO. The van der Waals surface area contributed by atoms with E-state index in [1.807, 2.05) is 40.7 Å². The second-order valence-electron chi connectivity index (χ2n) is 7.29. The van der Waals surface area contributed by atoms with Crippen molar-refractivity contribution >= 4 is 17.7 Å². The van der Waals surface area contributed by atoms with Crippen molar-refractivity contribution in [3.05, 3.63) is 23.9 Å². The maximum atomic E-state index is 12.6. The highest BCUT2D eigenvalue weighted by atomic mass is 32.2. The molecule has 0 aliphatic carbocycles. The maximum Gasteiger partial charge on any atom is 0.239 e. The van der Waals surface area contributed by atoms with Crippen LogP contribution in [0, 0.1) is 5.41 Å². The number of ether oxygens (including phenoxy) is 1. The minimum absolute atomic E-state index is 0.00246. The van der Waals surface area contributed by atoms with Crippen LogP contribution in [0.2, 0.25) is 0 Å². The average Bonchev–Trinajstić information content (AvgIpc) is 2.47. The van der Waals surface area contributed by atoms with E-state index in [1.54, 1.807) is 11.8 Å². The van der Waals surface area contributed by atoms with Crippen molar-refractivity contribution in [3.8, 4) is 0 Å². The molecule has 1 aliphatic heterocycles. The molecule has 0 aromatic rings. The van der Waals surface area contributed by atoms with Crippen LogP contribution in [0.15, 0.2) is 23.9 Å². The number of hydrogen-bond donors (Lipinski definition) is 2. The fourth-order valence-electron chi connectivity index (χ4n) is 2.19. The first-order valence-corrected chi connectivity index (χ1v) is 9.02. The highest BCUT2D eigenvalue weighted by Gasteiger charge is 2.32. The number of carbonyl (C=O) groups excluding carboxylic acids is 1. The quantitative estimate of drug-likeness (QED) is 0.698. The molecule has 23 heavy (non-hydrogen) atoms. The normalized spacial score (nSPS) is 17.9. The molecule has 0 radical (unpaired) electrons. The lowest BCUT2D eigenvalue weighted by molar-refractivity contribution is -0.121. The maximum absolute atomic E-state index is 12.6. The predicted octanol–water partition coefficient (Wildman–Crippen LogP) is 3.27. The molecular formula is C18H31NO3S. The van der Waals surface area contributed by atoms with Gasteiger partial charge in [0.05, 0.1) is 11.4 Å². The van der Waals surface area contributed by atoms with E-state index < -0.39 is 10.2 Å². The molecular weight excluding hydrogens is 310 g/mol. The molecule has 0 saturated carbocycles. The summed E-state index contributed by atoms with van der Waals surface area (Å²) in [6, 6.07) is 0.